The molecule has 1 aliphatic rings. The van der Waals surface area contributed by atoms with Gasteiger partial charge in [0.25, 0.3) is 0 Å². The van der Waals surface area contributed by atoms with Crippen LogP contribution in [0, 0.1) is 0 Å². The molecule has 1 nitrogen and oxygen atoms in total. The third-order valence-corrected chi connectivity index (χ3v) is 3.47. The van der Waals surface area contributed by atoms with Gasteiger partial charge in [0.15, 0.2) is 0 Å². The predicted molar refractivity (Wildman–Crippen MR) is 83.3 cm³/mol. The average molecular weight is 262 g/mol. The van der Waals surface area contributed by atoms with E-state index in [2.05, 4.69) is 66.8 Å². The molecule has 2 aromatic carbocycles. The molecule has 1 unspecified atom stereocenters. The number of hydrogen-bond acceptors (Lipinski definition) is 1. The van der Waals surface area contributed by atoms with Gasteiger partial charge >= 0.3 is 0 Å². The molecule has 3 rings (SSSR count). The third-order valence-electron chi connectivity index (χ3n) is 3.47. The standard InChI is InChI=1S/C19H18O/c1-3-7-16(8-4-1)11-12-17-13-14-20-19(15-17)18-9-5-2-6-10-18/h1-12,15,19H,13-14H2/b12-11+. The van der Waals surface area contributed by atoms with Crippen molar-refractivity contribution in [3.63, 3.8) is 0 Å². The van der Waals surface area contributed by atoms with Gasteiger partial charge in [0.2, 0.25) is 0 Å². The molecule has 20 heavy (non-hydrogen) atoms. The van der Waals surface area contributed by atoms with Crippen molar-refractivity contribution in [1.29, 1.82) is 0 Å². The molecular weight excluding hydrogens is 244 g/mol. The quantitative estimate of drug-likeness (QED) is 0.773. The maximum atomic E-state index is 5.84. The van der Waals surface area contributed by atoms with Crippen molar-refractivity contribution >= 4 is 6.08 Å². The lowest BCUT2D eigenvalue weighted by Crippen LogP contribution is -2.09. The molecule has 0 fully saturated rings. The first-order valence-electron chi connectivity index (χ1n) is 7.02. The zero-order valence-electron chi connectivity index (χ0n) is 11.4. The average Bonchev–Trinajstić information content (AvgIpc) is 2.55. The molecule has 1 aliphatic heterocycles. The van der Waals surface area contributed by atoms with Gasteiger partial charge < -0.3 is 4.74 Å². The van der Waals surface area contributed by atoms with Crippen molar-refractivity contribution in [1.82, 2.24) is 0 Å². The second kappa shape index (κ2) is 6.36. The van der Waals surface area contributed by atoms with Gasteiger partial charge in [0.05, 0.1) is 6.61 Å². The molecule has 0 saturated carbocycles. The van der Waals surface area contributed by atoms with E-state index in [4.69, 9.17) is 4.74 Å². The molecule has 1 heterocycles. The molecule has 0 radical (unpaired) electrons. The summed E-state index contributed by atoms with van der Waals surface area (Å²) in [6.45, 7) is 0.782. The Balaban J connectivity index is 1.77. The molecule has 0 saturated heterocycles. The van der Waals surface area contributed by atoms with E-state index in [1.165, 1.54) is 16.7 Å². The van der Waals surface area contributed by atoms with Crippen molar-refractivity contribution in [2.75, 3.05) is 6.61 Å². The highest BCUT2D eigenvalue weighted by Gasteiger charge is 2.14. The van der Waals surface area contributed by atoms with E-state index in [1.54, 1.807) is 0 Å². The van der Waals surface area contributed by atoms with E-state index in [9.17, 15) is 0 Å². The zero-order chi connectivity index (χ0) is 13.6. The Morgan fingerprint density at radius 3 is 2.30 bits per heavy atom. The zero-order valence-corrected chi connectivity index (χ0v) is 11.4. The van der Waals surface area contributed by atoms with Gasteiger partial charge in [-0.2, -0.15) is 0 Å². The topological polar surface area (TPSA) is 9.23 Å². The summed E-state index contributed by atoms with van der Waals surface area (Å²) in [5, 5.41) is 0. The Kier molecular flexibility index (Phi) is 4.10. The van der Waals surface area contributed by atoms with Crippen LogP contribution in [0.25, 0.3) is 6.08 Å². The van der Waals surface area contributed by atoms with Crippen LogP contribution in [0.2, 0.25) is 0 Å². The fraction of sp³-hybridized carbons (Fsp3) is 0.158. The minimum absolute atomic E-state index is 0.0837. The van der Waals surface area contributed by atoms with Crippen molar-refractivity contribution in [2.24, 2.45) is 0 Å². The van der Waals surface area contributed by atoms with Crippen LogP contribution in [-0.2, 0) is 4.74 Å². The molecular formula is C19H18O. The Hall–Kier alpha value is -2.12. The largest absolute Gasteiger partial charge is 0.369 e. The minimum atomic E-state index is 0.0837. The summed E-state index contributed by atoms with van der Waals surface area (Å²) >= 11 is 0. The van der Waals surface area contributed by atoms with Gasteiger partial charge in [-0.05, 0) is 29.2 Å². The lowest BCUT2D eigenvalue weighted by atomic mass is 10.0. The highest BCUT2D eigenvalue weighted by Crippen LogP contribution is 2.26. The summed E-state index contributed by atoms with van der Waals surface area (Å²) in [6, 6.07) is 20.8. The molecule has 2 aromatic rings. The van der Waals surface area contributed by atoms with E-state index < -0.39 is 0 Å². The van der Waals surface area contributed by atoms with Crippen molar-refractivity contribution < 1.29 is 4.74 Å². The second-order valence-electron chi connectivity index (χ2n) is 4.94. The van der Waals surface area contributed by atoms with Gasteiger partial charge in [0.1, 0.15) is 6.10 Å². The molecule has 100 valence electrons. The summed E-state index contributed by atoms with van der Waals surface area (Å²) in [6.07, 6.45) is 7.65. The first-order valence-corrected chi connectivity index (χ1v) is 7.02. The maximum Gasteiger partial charge on any atom is 0.101 e. The molecule has 1 atom stereocenters. The van der Waals surface area contributed by atoms with Crippen LogP contribution < -0.4 is 0 Å². The number of rotatable bonds is 3. The van der Waals surface area contributed by atoms with Crippen LogP contribution in [-0.4, -0.2) is 6.61 Å². The van der Waals surface area contributed by atoms with Crippen LogP contribution >= 0.6 is 0 Å². The van der Waals surface area contributed by atoms with E-state index in [1.807, 2.05) is 12.1 Å². The molecule has 1 heteroatoms. The highest BCUT2D eigenvalue weighted by atomic mass is 16.5. The third kappa shape index (κ3) is 3.25. The highest BCUT2D eigenvalue weighted by molar-refractivity contribution is 5.53. The van der Waals surface area contributed by atoms with Crippen LogP contribution in [0.15, 0.2) is 78.4 Å². The van der Waals surface area contributed by atoms with E-state index in [0.29, 0.717) is 0 Å². The Labute approximate surface area is 120 Å². The van der Waals surface area contributed by atoms with Crippen molar-refractivity contribution in [3.8, 4) is 0 Å². The van der Waals surface area contributed by atoms with Gasteiger partial charge in [-0.25, -0.2) is 0 Å². The molecule has 0 aliphatic carbocycles. The molecule has 0 N–H and O–H groups in total. The summed E-state index contributed by atoms with van der Waals surface area (Å²) < 4.78 is 5.84. The molecule has 0 amide bonds. The molecule has 0 bridgehead atoms. The van der Waals surface area contributed by atoms with E-state index >= 15 is 0 Å². The van der Waals surface area contributed by atoms with Crippen LogP contribution in [0.5, 0.6) is 0 Å². The fourth-order valence-corrected chi connectivity index (χ4v) is 2.37. The monoisotopic (exact) mass is 262 g/mol. The smallest absolute Gasteiger partial charge is 0.101 e. The summed E-state index contributed by atoms with van der Waals surface area (Å²) in [5.41, 5.74) is 3.79. The van der Waals surface area contributed by atoms with Crippen LogP contribution in [0.3, 0.4) is 0 Å². The Morgan fingerprint density at radius 1 is 0.850 bits per heavy atom. The Bertz CT molecular complexity index is 596. The van der Waals surface area contributed by atoms with Crippen molar-refractivity contribution in [3.05, 3.63) is 89.5 Å². The number of allylic oxidation sites excluding steroid dienone is 1. The molecule has 0 spiro atoms. The van der Waals surface area contributed by atoms with Crippen LogP contribution in [0.1, 0.15) is 23.7 Å². The summed E-state index contributed by atoms with van der Waals surface area (Å²) in [7, 11) is 0. The first-order chi connectivity index (χ1) is 9.92. The fourth-order valence-electron chi connectivity index (χ4n) is 2.37. The molecule has 0 aromatic heterocycles. The van der Waals surface area contributed by atoms with Gasteiger partial charge in [0, 0.05) is 0 Å². The van der Waals surface area contributed by atoms with Gasteiger partial charge in [-0.3, -0.25) is 0 Å². The normalized spacial score (nSPS) is 19.0. The van der Waals surface area contributed by atoms with E-state index in [-0.39, 0.29) is 6.10 Å². The summed E-state index contributed by atoms with van der Waals surface area (Å²) in [4.78, 5) is 0. The lowest BCUT2D eigenvalue weighted by Gasteiger charge is -2.21. The van der Waals surface area contributed by atoms with Gasteiger partial charge in [-0.1, -0.05) is 72.8 Å². The van der Waals surface area contributed by atoms with E-state index in [0.717, 1.165) is 13.0 Å². The first kappa shape index (κ1) is 12.9. The minimum Gasteiger partial charge on any atom is -0.369 e. The number of benzene rings is 2. The lowest BCUT2D eigenvalue weighted by molar-refractivity contribution is 0.0778. The summed E-state index contributed by atoms with van der Waals surface area (Å²) in [5.74, 6) is 0. The maximum absolute atomic E-state index is 5.84. The Morgan fingerprint density at radius 2 is 1.55 bits per heavy atom. The SMILES string of the molecule is C1=C(/C=C/c2ccccc2)CCOC1c1ccccc1. The number of ether oxygens (including phenoxy) is 1. The van der Waals surface area contributed by atoms with Crippen LogP contribution in [0.4, 0.5) is 0 Å². The van der Waals surface area contributed by atoms with Crippen molar-refractivity contribution in [2.45, 2.75) is 12.5 Å². The predicted octanol–water partition coefficient (Wildman–Crippen LogP) is 4.79. The number of hydrogen-bond donors (Lipinski definition) is 0. The van der Waals surface area contributed by atoms with Gasteiger partial charge in [-0.15, -0.1) is 0 Å². The second-order valence-corrected chi connectivity index (χ2v) is 4.94.